The smallest absolute Gasteiger partial charge is 0.236 e. The fourth-order valence-electron chi connectivity index (χ4n) is 1.80. The third-order valence-electron chi connectivity index (χ3n) is 2.89. The Balaban J connectivity index is 2.66. The summed E-state index contributed by atoms with van der Waals surface area (Å²) in [6, 6.07) is 5.18. The van der Waals surface area contributed by atoms with Crippen LogP contribution >= 0.6 is 23.2 Å². The third kappa shape index (κ3) is 4.68. The highest BCUT2D eigenvalue weighted by Gasteiger charge is 2.18. The lowest BCUT2D eigenvalue weighted by atomic mass is 10.1. The predicted octanol–water partition coefficient (Wildman–Crippen LogP) is 3.56. The van der Waals surface area contributed by atoms with Crippen LogP contribution in [-0.4, -0.2) is 18.5 Å². The van der Waals surface area contributed by atoms with Crippen molar-refractivity contribution >= 4 is 29.1 Å². The number of amides is 1. The number of halogens is 2. The van der Waals surface area contributed by atoms with Gasteiger partial charge < -0.3 is 5.32 Å². The van der Waals surface area contributed by atoms with Gasteiger partial charge in [0.25, 0.3) is 0 Å². The summed E-state index contributed by atoms with van der Waals surface area (Å²) >= 11 is 12.1. The van der Waals surface area contributed by atoms with Crippen molar-refractivity contribution in [3.8, 4) is 0 Å². The lowest BCUT2D eigenvalue weighted by molar-refractivity contribution is -0.122. The van der Waals surface area contributed by atoms with Gasteiger partial charge in [0, 0.05) is 12.6 Å². The zero-order chi connectivity index (χ0) is 14.4. The summed E-state index contributed by atoms with van der Waals surface area (Å²) in [7, 11) is 0. The van der Waals surface area contributed by atoms with Gasteiger partial charge in [0.15, 0.2) is 0 Å². The minimum atomic E-state index is -0.281. The van der Waals surface area contributed by atoms with Crippen molar-refractivity contribution in [1.82, 2.24) is 10.6 Å². The van der Waals surface area contributed by atoms with Crippen LogP contribution in [0.2, 0.25) is 10.0 Å². The second-order valence-corrected chi connectivity index (χ2v) is 5.33. The van der Waals surface area contributed by atoms with E-state index in [2.05, 4.69) is 10.6 Å². The Hall–Kier alpha value is -0.770. The number of nitrogens with one attached hydrogen (secondary N) is 2. The fourth-order valence-corrected chi connectivity index (χ4v) is 2.27. The summed E-state index contributed by atoms with van der Waals surface area (Å²) in [6.07, 6.45) is 0.925. The first-order valence-electron chi connectivity index (χ1n) is 6.45. The second kappa shape index (κ2) is 7.73. The molecular formula is C14H20Cl2N2O. The quantitative estimate of drug-likeness (QED) is 0.843. The number of rotatable bonds is 6. The van der Waals surface area contributed by atoms with E-state index in [1.165, 1.54) is 0 Å². The van der Waals surface area contributed by atoms with Crippen LogP contribution in [0.5, 0.6) is 0 Å². The van der Waals surface area contributed by atoms with E-state index < -0.39 is 0 Å². The lowest BCUT2D eigenvalue weighted by Crippen LogP contribution is -2.43. The summed E-state index contributed by atoms with van der Waals surface area (Å²) in [5.41, 5.74) is 0.893. The van der Waals surface area contributed by atoms with Gasteiger partial charge in [0.2, 0.25) is 5.91 Å². The van der Waals surface area contributed by atoms with Crippen LogP contribution in [-0.2, 0) is 4.79 Å². The van der Waals surface area contributed by atoms with E-state index in [1.807, 2.05) is 32.9 Å². The average molecular weight is 303 g/mol. The molecule has 0 aliphatic carbocycles. The van der Waals surface area contributed by atoms with Gasteiger partial charge in [0.1, 0.15) is 0 Å². The van der Waals surface area contributed by atoms with Crippen LogP contribution in [0, 0.1) is 0 Å². The van der Waals surface area contributed by atoms with Crippen LogP contribution in [0.25, 0.3) is 0 Å². The number of carbonyl (C=O) groups is 1. The summed E-state index contributed by atoms with van der Waals surface area (Å²) in [6.45, 7) is 6.50. The maximum absolute atomic E-state index is 11.8. The Labute approximate surface area is 124 Å². The van der Waals surface area contributed by atoms with E-state index in [0.29, 0.717) is 16.6 Å². The highest BCUT2D eigenvalue weighted by atomic mass is 35.5. The van der Waals surface area contributed by atoms with Gasteiger partial charge in [-0.15, -0.1) is 0 Å². The molecule has 2 unspecified atom stereocenters. The molecule has 0 radical (unpaired) electrons. The third-order valence-corrected chi connectivity index (χ3v) is 3.72. The van der Waals surface area contributed by atoms with E-state index in [0.717, 1.165) is 12.0 Å². The van der Waals surface area contributed by atoms with Crippen molar-refractivity contribution in [2.24, 2.45) is 0 Å². The Morgan fingerprint density at radius 2 is 2.00 bits per heavy atom. The van der Waals surface area contributed by atoms with Gasteiger partial charge >= 0.3 is 0 Å². The minimum Gasteiger partial charge on any atom is -0.355 e. The normalized spacial score (nSPS) is 13.9. The first-order valence-corrected chi connectivity index (χ1v) is 7.20. The van der Waals surface area contributed by atoms with Gasteiger partial charge in [0.05, 0.1) is 16.1 Å². The molecular weight excluding hydrogens is 283 g/mol. The molecule has 0 bridgehead atoms. The average Bonchev–Trinajstić information content (AvgIpc) is 2.38. The molecule has 1 amide bonds. The van der Waals surface area contributed by atoms with Crippen molar-refractivity contribution < 1.29 is 4.79 Å². The second-order valence-electron chi connectivity index (χ2n) is 4.54. The topological polar surface area (TPSA) is 41.1 Å². The zero-order valence-electron chi connectivity index (χ0n) is 11.5. The lowest BCUT2D eigenvalue weighted by Gasteiger charge is -2.21. The molecule has 2 atom stereocenters. The van der Waals surface area contributed by atoms with Crippen molar-refractivity contribution in [2.75, 3.05) is 6.54 Å². The molecule has 106 valence electrons. The first-order chi connectivity index (χ1) is 8.97. The first kappa shape index (κ1) is 16.3. The number of carbonyl (C=O) groups excluding carboxylic acids is 1. The number of hydrogen-bond acceptors (Lipinski definition) is 2. The summed E-state index contributed by atoms with van der Waals surface area (Å²) < 4.78 is 0. The highest BCUT2D eigenvalue weighted by Crippen LogP contribution is 2.29. The molecule has 0 aliphatic rings. The van der Waals surface area contributed by atoms with Crippen LogP contribution in [0.1, 0.15) is 38.8 Å². The SMILES string of the molecule is CCCNC(=O)C(C)NC(C)c1cccc(Cl)c1Cl. The Morgan fingerprint density at radius 1 is 1.32 bits per heavy atom. The van der Waals surface area contributed by atoms with Crippen molar-refractivity contribution in [3.05, 3.63) is 33.8 Å². The minimum absolute atomic E-state index is 0.00755. The van der Waals surface area contributed by atoms with Crippen molar-refractivity contribution in [3.63, 3.8) is 0 Å². The Bertz CT molecular complexity index is 437. The highest BCUT2D eigenvalue weighted by molar-refractivity contribution is 6.42. The molecule has 1 aromatic carbocycles. The standard InChI is InChI=1S/C14H20Cl2N2O/c1-4-8-17-14(19)10(3)18-9(2)11-6-5-7-12(15)13(11)16/h5-7,9-10,18H,4,8H2,1-3H3,(H,17,19). The Kier molecular flexibility index (Phi) is 6.63. The monoisotopic (exact) mass is 302 g/mol. The summed E-state index contributed by atoms with van der Waals surface area (Å²) in [4.78, 5) is 11.8. The molecule has 0 spiro atoms. The Morgan fingerprint density at radius 3 is 2.63 bits per heavy atom. The molecule has 0 saturated carbocycles. The number of hydrogen-bond donors (Lipinski definition) is 2. The van der Waals surface area contributed by atoms with Gasteiger partial charge in [-0.05, 0) is 31.9 Å². The van der Waals surface area contributed by atoms with Gasteiger partial charge in [-0.2, -0.15) is 0 Å². The molecule has 0 heterocycles. The summed E-state index contributed by atoms with van der Waals surface area (Å²) in [5.74, 6) is -0.00755. The molecule has 0 aromatic heterocycles. The number of benzene rings is 1. The molecule has 0 aliphatic heterocycles. The fraction of sp³-hybridized carbons (Fsp3) is 0.500. The van der Waals surface area contributed by atoms with Crippen molar-refractivity contribution in [2.45, 2.75) is 39.3 Å². The van der Waals surface area contributed by atoms with Crippen LogP contribution < -0.4 is 10.6 Å². The van der Waals surface area contributed by atoms with E-state index in [1.54, 1.807) is 6.07 Å². The van der Waals surface area contributed by atoms with Crippen LogP contribution in [0.15, 0.2) is 18.2 Å². The van der Waals surface area contributed by atoms with E-state index in [4.69, 9.17) is 23.2 Å². The summed E-state index contributed by atoms with van der Waals surface area (Å²) in [5, 5.41) is 7.13. The van der Waals surface area contributed by atoms with E-state index in [9.17, 15) is 4.79 Å². The molecule has 0 saturated heterocycles. The van der Waals surface area contributed by atoms with Gasteiger partial charge in [-0.1, -0.05) is 42.3 Å². The van der Waals surface area contributed by atoms with E-state index in [-0.39, 0.29) is 18.0 Å². The van der Waals surface area contributed by atoms with Crippen LogP contribution in [0.3, 0.4) is 0 Å². The molecule has 5 heteroatoms. The van der Waals surface area contributed by atoms with Gasteiger partial charge in [-0.25, -0.2) is 0 Å². The molecule has 19 heavy (non-hydrogen) atoms. The predicted molar refractivity (Wildman–Crippen MR) is 80.8 cm³/mol. The van der Waals surface area contributed by atoms with Gasteiger partial charge in [-0.3, -0.25) is 10.1 Å². The molecule has 0 fully saturated rings. The zero-order valence-corrected chi connectivity index (χ0v) is 13.0. The van der Waals surface area contributed by atoms with Crippen LogP contribution in [0.4, 0.5) is 0 Å². The largest absolute Gasteiger partial charge is 0.355 e. The maximum atomic E-state index is 11.8. The molecule has 2 N–H and O–H groups in total. The molecule has 3 nitrogen and oxygen atoms in total. The van der Waals surface area contributed by atoms with E-state index >= 15 is 0 Å². The molecule has 1 aromatic rings. The maximum Gasteiger partial charge on any atom is 0.236 e. The van der Waals surface area contributed by atoms with Crippen molar-refractivity contribution in [1.29, 1.82) is 0 Å². The molecule has 1 rings (SSSR count).